The van der Waals surface area contributed by atoms with Crippen molar-refractivity contribution in [2.75, 3.05) is 25.0 Å². The van der Waals surface area contributed by atoms with Crippen LogP contribution in [-0.4, -0.2) is 31.3 Å². The molecular formula is C25H21FN4O3S. The smallest absolute Gasteiger partial charge is 0.256 e. The van der Waals surface area contributed by atoms with Gasteiger partial charge in [-0.3, -0.25) is 10.2 Å². The fourth-order valence-corrected chi connectivity index (χ4v) is 3.95. The molecule has 0 bridgehead atoms. The number of anilines is 2. The molecule has 9 heteroatoms. The fraction of sp³-hybridized carbons (Fsp3) is 0.0800. The molecule has 1 amide bonds. The number of nitrogens with one attached hydrogen (secondary N) is 2. The highest BCUT2D eigenvalue weighted by Gasteiger charge is 2.16. The minimum absolute atomic E-state index is 0.270. The maximum absolute atomic E-state index is 13.4. The van der Waals surface area contributed by atoms with Crippen molar-refractivity contribution in [3.05, 3.63) is 89.7 Å². The first kappa shape index (κ1) is 22.9. The van der Waals surface area contributed by atoms with E-state index in [-0.39, 0.29) is 11.7 Å². The zero-order valence-corrected chi connectivity index (χ0v) is 19.2. The maximum Gasteiger partial charge on any atom is 0.256 e. The van der Waals surface area contributed by atoms with Gasteiger partial charge in [0.15, 0.2) is 11.5 Å². The molecule has 2 N–H and O–H groups in total. The quantitative estimate of drug-likeness (QED) is 0.253. The molecular weight excluding hydrogens is 455 g/mol. The predicted molar refractivity (Wildman–Crippen MR) is 133 cm³/mol. The van der Waals surface area contributed by atoms with Gasteiger partial charge in [-0.1, -0.05) is 29.5 Å². The molecule has 0 radical (unpaired) electrons. The van der Waals surface area contributed by atoms with Crippen molar-refractivity contribution < 1.29 is 18.7 Å². The first-order valence-electron chi connectivity index (χ1n) is 10.2. The van der Waals surface area contributed by atoms with E-state index in [1.165, 1.54) is 23.5 Å². The predicted octanol–water partition coefficient (Wildman–Crippen LogP) is 5.66. The molecule has 0 spiro atoms. The van der Waals surface area contributed by atoms with E-state index in [0.717, 1.165) is 5.56 Å². The Bertz CT molecular complexity index is 1310. The lowest BCUT2D eigenvalue weighted by Crippen LogP contribution is -2.11. The van der Waals surface area contributed by atoms with Crippen LogP contribution in [0.4, 0.5) is 14.5 Å². The second-order valence-electron chi connectivity index (χ2n) is 7.01. The third-order valence-corrected chi connectivity index (χ3v) is 5.66. The van der Waals surface area contributed by atoms with Crippen molar-refractivity contribution in [3.8, 4) is 22.8 Å². The summed E-state index contributed by atoms with van der Waals surface area (Å²) in [6, 6.07) is 20.2. The van der Waals surface area contributed by atoms with E-state index < -0.39 is 0 Å². The topological polar surface area (TPSA) is 84.8 Å². The van der Waals surface area contributed by atoms with E-state index >= 15 is 0 Å². The van der Waals surface area contributed by atoms with E-state index in [1.54, 1.807) is 69.0 Å². The Morgan fingerprint density at radius 1 is 1.00 bits per heavy atom. The number of aromatic nitrogens is 1. The van der Waals surface area contributed by atoms with Gasteiger partial charge in [0, 0.05) is 11.1 Å². The van der Waals surface area contributed by atoms with Crippen molar-refractivity contribution in [1.29, 1.82) is 0 Å². The molecule has 1 heterocycles. The van der Waals surface area contributed by atoms with E-state index in [4.69, 9.17) is 9.47 Å². The summed E-state index contributed by atoms with van der Waals surface area (Å²) in [6.07, 6.45) is 1.61. The molecule has 0 aliphatic heterocycles. The molecule has 4 aromatic rings. The molecule has 0 aliphatic carbocycles. The standard InChI is InChI=1S/C25H21FN4O3S/c1-32-20-13-8-16(14-21(20)33-2)15-27-30-25-28-22(17-9-11-19(26)12-10-17)24(34-25)29-23(31)18-6-4-3-5-7-18/h3-15H,1-2H3,(H,28,30)(H,29,31)/b27-15-. The number of carbonyl (C=O) groups excluding carboxylic acids is 1. The largest absolute Gasteiger partial charge is 0.493 e. The van der Waals surface area contributed by atoms with E-state index in [0.29, 0.717) is 38.5 Å². The Labute approximate surface area is 199 Å². The second-order valence-corrected chi connectivity index (χ2v) is 8.01. The van der Waals surface area contributed by atoms with Crippen LogP contribution in [0.15, 0.2) is 77.9 Å². The van der Waals surface area contributed by atoms with Crippen LogP contribution in [0.3, 0.4) is 0 Å². The summed E-state index contributed by atoms with van der Waals surface area (Å²) >= 11 is 1.22. The van der Waals surface area contributed by atoms with Crippen molar-refractivity contribution in [2.24, 2.45) is 5.10 Å². The average molecular weight is 477 g/mol. The van der Waals surface area contributed by atoms with Crippen LogP contribution >= 0.6 is 11.3 Å². The average Bonchev–Trinajstić information content (AvgIpc) is 3.27. The highest BCUT2D eigenvalue weighted by Crippen LogP contribution is 2.36. The summed E-state index contributed by atoms with van der Waals surface area (Å²) in [6.45, 7) is 0. The van der Waals surface area contributed by atoms with Gasteiger partial charge in [-0.15, -0.1) is 0 Å². The molecule has 0 fully saturated rings. The monoisotopic (exact) mass is 476 g/mol. The van der Waals surface area contributed by atoms with Crippen LogP contribution in [0.25, 0.3) is 11.3 Å². The Kier molecular flexibility index (Phi) is 7.14. The highest BCUT2D eigenvalue weighted by molar-refractivity contribution is 7.20. The number of amides is 1. The minimum Gasteiger partial charge on any atom is -0.493 e. The number of nitrogens with zero attached hydrogens (tertiary/aromatic N) is 2. The van der Waals surface area contributed by atoms with Crippen LogP contribution in [0.5, 0.6) is 11.5 Å². The van der Waals surface area contributed by atoms with Crippen molar-refractivity contribution in [3.63, 3.8) is 0 Å². The number of methoxy groups -OCH3 is 2. The van der Waals surface area contributed by atoms with Gasteiger partial charge in [0.1, 0.15) is 16.5 Å². The summed E-state index contributed by atoms with van der Waals surface area (Å²) in [5, 5.41) is 8.12. The number of rotatable bonds is 8. The number of thiazole rings is 1. The lowest BCUT2D eigenvalue weighted by atomic mass is 10.1. The van der Waals surface area contributed by atoms with Crippen LogP contribution in [0.1, 0.15) is 15.9 Å². The summed E-state index contributed by atoms with van der Waals surface area (Å²) < 4.78 is 24.0. The normalized spacial score (nSPS) is 10.8. The second kappa shape index (κ2) is 10.6. The Balaban J connectivity index is 1.58. The molecule has 0 unspecified atom stereocenters. The lowest BCUT2D eigenvalue weighted by molar-refractivity contribution is 0.102. The minimum atomic E-state index is -0.355. The molecule has 7 nitrogen and oxygen atoms in total. The number of halogens is 1. The highest BCUT2D eigenvalue weighted by atomic mass is 32.1. The third kappa shape index (κ3) is 5.38. The van der Waals surface area contributed by atoms with Gasteiger partial charge in [0.25, 0.3) is 5.91 Å². The first-order chi connectivity index (χ1) is 16.6. The third-order valence-electron chi connectivity index (χ3n) is 4.79. The Morgan fingerprint density at radius 2 is 1.74 bits per heavy atom. The van der Waals surface area contributed by atoms with Gasteiger partial charge in [-0.2, -0.15) is 5.10 Å². The summed E-state index contributed by atoms with van der Waals surface area (Å²) in [5.41, 5.74) is 5.38. The Morgan fingerprint density at radius 3 is 2.44 bits per heavy atom. The van der Waals surface area contributed by atoms with Crippen molar-refractivity contribution in [2.45, 2.75) is 0 Å². The van der Waals surface area contributed by atoms with E-state index in [9.17, 15) is 9.18 Å². The molecule has 3 aromatic carbocycles. The molecule has 0 aliphatic rings. The first-order valence-corrected chi connectivity index (χ1v) is 11.0. The van der Waals surface area contributed by atoms with Crippen LogP contribution in [0, 0.1) is 5.82 Å². The zero-order valence-electron chi connectivity index (χ0n) is 18.4. The van der Waals surface area contributed by atoms with Gasteiger partial charge in [-0.05, 0) is 60.2 Å². The van der Waals surface area contributed by atoms with Gasteiger partial charge >= 0.3 is 0 Å². The summed E-state index contributed by atoms with van der Waals surface area (Å²) in [4.78, 5) is 17.3. The number of ether oxygens (including phenoxy) is 2. The maximum atomic E-state index is 13.4. The summed E-state index contributed by atoms with van der Waals surface area (Å²) in [5.74, 6) is 0.584. The van der Waals surface area contributed by atoms with Crippen molar-refractivity contribution >= 4 is 33.6 Å². The Hall–Kier alpha value is -4.24. The SMILES string of the molecule is COc1ccc(/C=N\Nc2nc(-c3ccc(F)cc3)c(NC(=O)c3ccccc3)s2)cc1OC. The van der Waals surface area contributed by atoms with Crippen LogP contribution < -0.4 is 20.2 Å². The number of hydrogen-bond donors (Lipinski definition) is 2. The van der Waals surface area contributed by atoms with Gasteiger partial charge < -0.3 is 14.8 Å². The number of hydrogen-bond acceptors (Lipinski definition) is 7. The molecule has 0 saturated carbocycles. The fourth-order valence-electron chi connectivity index (χ4n) is 3.12. The number of benzene rings is 3. The molecule has 1 aromatic heterocycles. The van der Waals surface area contributed by atoms with Gasteiger partial charge in [0.05, 0.1) is 20.4 Å². The van der Waals surface area contributed by atoms with Gasteiger partial charge in [-0.25, -0.2) is 9.37 Å². The lowest BCUT2D eigenvalue weighted by Gasteiger charge is -2.07. The molecule has 34 heavy (non-hydrogen) atoms. The van der Waals surface area contributed by atoms with E-state index in [2.05, 4.69) is 20.8 Å². The summed E-state index contributed by atoms with van der Waals surface area (Å²) in [7, 11) is 3.14. The molecule has 0 atom stereocenters. The molecule has 172 valence electrons. The zero-order chi connectivity index (χ0) is 23.9. The number of hydrazone groups is 1. The number of carbonyl (C=O) groups is 1. The van der Waals surface area contributed by atoms with Crippen molar-refractivity contribution in [1.82, 2.24) is 4.98 Å². The van der Waals surface area contributed by atoms with Gasteiger partial charge in [0.2, 0.25) is 5.13 Å². The van der Waals surface area contributed by atoms with E-state index in [1.807, 2.05) is 12.1 Å². The van der Waals surface area contributed by atoms with Crippen LogP contribution in [-0.2, 0) is 0 Å². The molecule has 4 rings (SSSR count). The molecule has 0 saturated heterocycles. The van der Waals surface area contributed by atoms with Crippen LogP contribution in [0.2, 0.25) is 0 Å².